The number of nitrogen functional groups attached to an aromatic ring is 1. The number of H-pyrrole nitrogens is 1. The Bertz CT molecular complexity index is 695. The van der Waals surface area contributed by atoms with Crippen LogP contribution in [0, 0.1) is 0 Å². The van der Waals surface area contributed by atoms with Crippen LogP contribution in [0.15, 0.2) is 42.9 Å². The quantitative estimate of drug-likeness (QED) is 0.662. The Morgan fingerprint density at radius 3 is 3.00 bits per heavy atom. The van der Waals surface area contributed by atoms with Gasteiger partial charge in [-0.15, -0.1) is 0 Å². The van der Waals surface area contributed by atoms with Crippen LogP contribution in [0.5, 0.6) is 0 Å². The number of nitrogens with zero attached hydrogens (tertiary/aromatic N) is 2. The molecule has 0 unspecified atom stereocenters. The maximum Gasteiger partial charge on any atom is 0.278 e. The summed E-state index contributed by atoms with van der Waals surface area (Å²) in [4.78, 5) is 15.1. The number of nitrogens with two attached hydrogens (primary N) is 1. The first-order chi connectivity index (χ1) is 8.24. The van der Waals surface area contributed by atoms with Crippen molar-refractivity contribution in [3.63, 3.8) is 0 Å². The van der Waals surface area contributed by atoms with Gasteiger partial charge in [-0.1, -0.05) is 0 Å². The molecule has 5 nitrogen and oxygen atoms in total. The lowest BCUT2D eigenvalue weighted by Gasteiger charge is -2.00. The highest BCUT2D eigenvalue weighted by molar-refractivity contribution is 5.99. The van der Waals surface area contributed by atoms with Crippen molar-refractivity contribution in [2.45, 2.75) is 0 Å². The van der Waals surface area contributed by atoms with Crippen LogP contribution in [0.4, 0.5) is 5.69 Å². The van der Waals surface area contributed by atoms with Crippen LogP contribution in [0.25, 0.3) is 10.9 Å². The maximum atomic E-state index is 12.1. The van der Waals surface area contributed by atoms with E-state index in [0.29, 0.717) is 11.3 Å². The van der Waals surface area contributed by atoms with Gasteiger partial charge >= 0.3 is 0 Å². The number of anilines is 1. The number of hydrogen-bond donors (Lipinski definition) is 2. The van der Waals surface area contributed by atoms with Crippen molar-refractivity contribution in [2.75, 3.05) is 5.73 Å². The maximum absolute atomic E-state index is 12.1. The van der Waals surface area contributed by atoms with E-state index in [1.54, 1.807) is 6.07 Å². The average Bonchev–Trinajstić information content (AvgIpc) is 2.95. The summed E-state index contributed by atoms with van der Waals surface area (Å²) in [6.07, 6.45) is 4.79. The predicted molar refractivity (Wildman–Crippen MR) is 64.7 cm³/mol. The van der Waals surface area contributed by atoms with Crippen LogP contribution in [0.3, 0.4) is 0 Å². The van der Waals surface area contributed by atoms with E-state index < -0.39 is 0 Å². The molecule has 0 saturated heterocycles. The summed E-state index contributed by atoms with van der Waals surface area (Å²) in [5.74, 6) is -0.190. The number of hydrogen-bond acceptors (Lipinski definition) is 3. The van der Waals surface area contributed by atoms with Crippen molar-refractivity contribution in [3.05, 3.63) is 48.4 Å². The highest BCUT2D eigenvalue weighted by atomic mass is 16.2. The largest absolute Gasteiger partial charge is 0.396 e. The van der Waals surface area contributed by atoms with Crippen molar-refractivity contribution >= 4 is 22.5 Å². The lowest BCUT2D eigenvalue weighted by Crippen LogP contribution is -2.12. The molecule has 3 rings (SSSR count). The number of carbonyl (C=O) groups is 1. The highest BCUT2D eigenvalue weighted by Crippen LogP contribution is 2.15. The van der Waals surface area contributed by atoms with E-state index >= 15 is 0 Å². The van der Waals surface area contributed by atoms with E-state index in [9.17, 15) is 4.79 Å². The fraction of sp³-hybridized carbons (Fsp3) is 0. The molecule has 0 aliphatic carbocycles. The van der Waals surface area contributed by atoms with Gasteiger partial charge in [-0.05, 0) is 24.3 Å². The lowest BCUT2D eigenvalue weighted by molar-refractivity contribution is 0.0945. The van der Waals surface area contributed by atoms with Crippen LogP contribution in [0.2, 0.25) is 0 Å². The van der Waals surface area contributed by atoms with Crippen molar-refractivity contribution < 1.29 is 4.79 Å². The summed E-state index contributed by atoms with van der Waals surface area (Å²) >= 11 is 0. The summed E-state index contributed by atoms with van der Waals surface area (Å²) in [5, 5.41) is 4.89. The molecule has 17 heavy (non-hydrogen) atoms. The SMILES string of the molecule is Nc1cnn(C(=O)c2ccc3[nH]ccc3c2)c1. The molecule has 0 bridgehead atoms. The van der Waals surface area contributed by atoms with Crippen molar-refractivity contribution in [1.29, 1.82) is 0 Å². The van der Waals surface area contributed by atoms with Gasteiger partial charge in [0.05, 0.1) is 18.1 Å². The summed E-state index contributed by atoms with van der Waals surface area (Å²) in [6.45, 7) is 0. The van der Waals surface area contributed by atoms with Gasteiger partial charge in [0.15, 0.2) is 0 Å². The van der Waals surface area contributed by atoms with E-state index in [4.69, 9.17) is 5.73 Å². The number of aromatic amines is 1. The lowest BCUT2D eigenvalue weighted by atomic mass is 10.1. The number of aromatic nitrogens is 3. The van der Waals surface area contributed by atoms with Gasteiger partial charge < -0.3 is 10.7 Å². The number of fused-ring (bicyclic) bond motifs is 1. The first-order valence-corrected chi connectivity index (χ1v) is 5.16. The van der Waals surface area contributed by atoms with E-state index in [0.717, 1.165) is 10.9 Å². The van der Waals surface area contributed by atoms with Crippen LogP contribution >= 0.6 is 0 Å². The van der Waals surface area contributed by atoms with E-state index in [1.807, 2.05) is 24.4 Å². The molecular formula is C12H10N4O. The van der Waals surface area contributed by atoms with E-state index in [-0.39, 0.29) is 5.91 Å². The molecule has 3 N–H and O–H groups in total. The minimum atomic E-state index is -0.190. The molecule has 0 radical (unpaired) electrons. The summed E-state index contributed by atoms with van der Waals surface area (Å²) in [7, 11) is 0. The van der Waals surface area contributed by atoms with Gasteiger partial charge in [-0.3, -0.25) is 4.79 Å². The molecule has 0 saturated carbocycles. The standard InChI is InChI=1S/C12H10N4O/c13-10-6-15-16(7-10)12(17)9-1-2-11-8(5-9)3-4-14-11/h1-7,14H,13H2. The number of carbonyl (C=O) groups excluding carboxylic acids is 1. The molecule has 84 valence electrons. The molecular weight excluding hydrogens is 216 g/mol. The second-order valence-electron chi connectivity index (χ2n) is 3.80. The molecule has 0 aliphatic heterocycles. The normalized spacial score (nSPS) is 10.8. The minimum absolute atomic E-state index is 0.190. The Labute approximate surface area is 96.9 Å². The topological polar surface area (TPSA) is 76.7 Å². The van der Waals surface area contributed by atoms with Crippen LogP contribution in [0.1, 0.15) is 10.4 Å². The molecule has 0 amide bonds. The number of rotatable bonds is 1. The third-order valence-electron chi connectivity index (χ3n) is 2.61. The van der Waals surface area contributed by atoms with Crippen LogP contribution in [-0.2, 0) is 0 Å². The van der Waals surface area contributed by atoms with Gasteiger partial charge in [0.1, 0.15) is 0 Å². The zero-order valence-electron chi connectivity index (χ0n) is 8.92. The van der Waals surface area contributed by atoms with Gasteiger partial charge in [0.2, 0.25) is 0 Å². The van der Waals surface area contributed by atoms with Gasteiger partial charge in [0.25, 0.3) is 5.91 Å². The Kier molecular flexibility index (Phi) is 1.98. The Morgan fingerprint density at radius 1 is 1.35 bits per heavy atom. The molecule has 0 spiro atoms. The van der Waals surface area contributed by atoms with E-state index in [2.05, 4.69) is 10.1 Å². The Morgan fingerprint density at radius 2 is 2.24 bits per heavy atom. The first kappa shape index (κ1) is 9.65. The van der Waals surface area contributed by atoms with Gasteiger partial charge in [-0.25, -0.2) is 4.68 Å². The van der Waals surface area contributed by atoms with Crippen LogP contribution < -0.4 is 5.73 Å². The second-order valence-corrected chi connectivity index (χ2v) is 3.80. The Hall–Kier alpha value is -2.56. The summed E-state index contributed by atoms with van der Waals surface area (Å²) in [5.41, 5.74) is 7.59. The summed E-state index contributed by atoms with van der Waals surface area (Å²) < 4.78 is 1.24. The Balaban J connectivity index is 2.05. The molecule has 1 aromatic carbocycles. The first-order valence-electron chi connectivity index (χ1n) is 5.16. The molecule has 2 heterocycles. The van der Waals surface area contributed by atoms with Crippen molar-refractivity contribution in [1.82, 2.24) is 14.8 Å². The molecule has 0 aliphatic rings. The molecule has 2 aromatic heterocycles. The zero-order chi connectivity index (χ0) is 11.8. The second kappa shape index (κ2) is 3.48. The van der Waals surface area contributed by atoms with E-state index in [1.165, 1.54) is 17.1 Å². The van der Waals surface area contributed by atoms with Crippen molar-refractivity contribution in [2.24, 2.45) is 0 Å². The number of nitrogens with one attached hydrogen (secondary N) is 1. The van der Waals surface area contributed by atoms with Gasteiger partial charge in [-0.2, -0.15) is 5.10 Å². The van der Waals surface area contributed by atoms with Crippen molar-refractivity contribution in [3.8, 4) is 0 Å². The molecule has 3 aromatic rings. The summed E-state index contributed by atoms with van der Waals surface area (Å²) in [6, 6.07) is 7.38. The fourth-order valence-corrected chi connectivity index (χ4v) is 1.77. The van der Waals surface area contributed by atoms with Crippen LogP contribution in [-0.4, -0.2) is 20.7 Å². The minimum Gasteiger partial charge on any atom is -0.396 e. The third-order valence-corrected chi connectivity index (χ3v) is 2.61. The molecule has 5 heteroatoms. The fourth-order valence-electron chi connectivity index (χ4n) is 1.77. The predicted octanol–water partition coefficient (Wildman–Crippen LogP) is 1.64. The number of benzene rings is 1. The zero-order valence-corrected chi connectivity index (χ0v) is 8.92. The smallest absolute Gasteiger partial charge is 0.278 e. The third kappa shape index (κ3) is 1.57. The highest BCUT2D eigenvalue weighted by Gasteiger charge is 2.10. The van der Waals surface area contributed by atoms with Gasteiger partial charge in [0, 0.05) is 22.7 Å². The monoisotopic (exact) mass is 226 g/mol. The molecule has 0 atom stereocenters. The average molecular weight is 226 g/mol. The molecule has 0 fully saturated rings.